The van der Waals surface area contributed by atoms with Crippen LogP contribution in [0.2, 0.25) is 0 Å². The zero-order valence-corrected chi connectivity index (χ0v) is 17.3. The third kappa shape index (κ3) is 4.49. The third-order valence-corrected chi connectivity index (χ3v) is 6.63. The van der Waals surface area contributed by atoms with E-state index in [0.717, 1.165) is 37.7 Å². The summed E-state index contributed by atoms with van der Waals surface area (Å²) in [4.78, 5) is 22.9. The monoisotopic (exact) mass is 386 g/mol. The maximum absolute atomic E-state index is 12.0. The van der Waals surface area contributed by atoms with Crippen LogP contribution in [0.25, 0.3) is 0 Å². The largest absolute Gasteiger partial charge is 0.375 e. The van der Waals surface area contributed by atoms with Gasteiger partial charge in [-0.3, -0.25) is 4.79 Å². The van der Waals surface area contributed by atoms with Gasteiger partial charge in [-0.05, 0) is 50.7 Å². The Morgan fingerprint density at radius 1 is 1.00 bits per heavy atom. The Morgan fingerprint density at radius 2 is 1.64 bits per heavy atom. The van der Waals surface area contributed by atoms with E-state index in [0.29, 0.717) is 17.9 Å². The highest BCUT2D eigenvalue weighted by atomic mass is 16.5. The molecule has 3 fully saturated rings. The van der Waals surface area contributed by atoms with Crippen molar-refractivity contribution in [2.75, 3.05) is 45.2 Å². The summed E-state index contributed by atoms with van der Waals surface area (Å²) in [5.41, 5.74) is 1.60. The molecule has 3 aliphatic rings. The van der Waals surface area contributed by atoms with Crippen LogP contribution < -0.4 is 4.90 Å². The Kier molecular flexibility index (Phi) is 6.16. The first-order valence-corrected chi connectivity index (χ1v) is 10.9. The fourth-order valence-electron chi connectivity index (χ4n) is 4.58. The lowest BCUT2D eigenvalue weighted by molar-refractivity contribution is -0.0598. The molecular weight excluding hydrogens is 352 g/mol. The summed E-state index contributed by atoms with van der Waals surface area (Å²) >= 11 is 0. The molecule has 6 heteroatoms. The number of rotatable bonds is 5. The summed E-state index contributed by atoms with van der Waals surface area (Å²) in [6, 6.07) is 4.72. The number of nitrogens with zero attached hydrogens (tertiary/aromatic N) is 4. The van der Waals surface area contributed by atoms with Crippen molar-refractivity contribution in [2.45, 2.75) is 63.2 Å². The van der Waals surface area contributed by atoms with Crippen LogP contribution in [-0.2, 0) is 4.74 Å². The van der Waals surface area contributed by atoms with Gasteiger partial charge in [0.1, 0.15) is 5.69 Å². The van der Waals surface area contributed by atoms with E-state index in [9.17, 15) is 4.79 Å². The summed E-state index contributed by atoms with van der Waals surface area (Å²) in [5, 5.41) is 0. The third-order valence-electron chi connectivity index (χ3n) is 6.63. The molecule has 1 aromatic heterocycles. The number of hydrogen-bond acceptors (Lipinski definition) is 5. The number of piperidine rings is 2. The Bertz CT molecular complexity index is 643. The van der Waals surface area contributed by atoms with Crippen LogP contribution in [0.1, 0.15) is 55.4 Å². The number of carbonyl (C=O) groups is 1. The number of likely N-dealkylation sites (tertiary alicyclic amines) is 1. The molecule has 0 aromatic carbocycles. The lowest BCUT2D eigenvalue weighted by atomic mass is 9.89. The van der Waals surface area contributed by atoms with Crippen LogP contribution in [0.3, 0.4) is 0 Å². The maximum Gasteiger partial charge on any atom is 0.271 e. The van der Waals surface area contributed by atoms with Crippen molar-refractivity contribution < 1.29 is 9.53 Å². The van der Waals surface area contributed by atoms with Gasteiger partial charge in [0.05, 0.1) is 24.1 Å². The van der Waals surface area contributed by atoms with Crippen LogP contribution in [0.5, 0.6) is 0 Å². The highest BCUT2D eigenvalue weighted by Gasteiger charge is 2.30. The van der Waals surface area contributed by atoms with Crippen molar-refractivity contribution in [3.05, 3.63) is 24.0 Å². The molecule has 1 aromatic rings. The molecule has 2 aliphatic heterocycles. The Labute approximate surface area is 168 Å². The van der Waals surface area contributed by atoms with E-state index in [1.54, 1.807) is 19.0 Å². The number of hydrogen-bond donors (Lipinski definition) is 0. The first kappa shape index (κ1) is 19.6. The van der Waals surface area contributed by atoms with E-state index < -0.39 is 0 Å². The summed E-state index contributed by atoms with van der Waals surface area (Å²) < 4.78 is 6.45. The van der Waals surface area contributed by atoms with Crippen molar-refractivity contribution >= 4 is 11.6 Å². The van der Waals surface area contributed by atoms with Crippen LogP contribution >= 0.6 is 0 Å². The minimum absolute atomic E-state index is 0.0537. The number of ether oxygens (including phenoxy) is 1. The number of amides is 1. The normalized spacial score (nSPS) is 22.9. The number of carbonyl (C=O) groups excluding carboxylic acids is 1. The average Bonchev–Trinajstić information content (AvgIpc) is 2.68. The number of anilines is 1. The summed E-state index contributed by atoms with van der Waals surface area (Å²) in [7, 11) is 3.50. The molecule has 1 amide bonds. The standard InChI is InChI=1S/C22H34N4O2/c1-24(2)22(27)21-7-6-18(16-23-21)26-14-10-20(11-15-26)28-19-8-12-25(13-9-19)17-4-3-5-17/h6-7,16-17,19-20H,3-5,8-15H2,1-2H3. The summed E-state index contributed by atoms with van der Waals surface area (Å²) in [6.45, 7) is 4.43. The predicted molar refractivity (Wildman–Crippen MR) is 111 cm³/mol. The molecule has 0 radical (unpaired) electrons. The molecule has 154 valence electrons. The molecule has 0 N–H and O–H groups in total. The van der Waals surface area contributed by atoms with E-state index in [4.69, 9.17) is 4.74 Å². The average molecular weight is 387 g/mol. The van der Waals surface area contributed by atoms with Gasteiger partial charge in [-0.1, -0.05) is 6.42 Å². The fourth-order valence-corrected chi connectivity index (χ4v) is 4.58. The second-order valence-electron chi connectivity index (χ2n) is 8.74. The summed E-state index contributed by atoms with van der Waals surface area (Å²) in [5.74, 6) is -0.0537. The molecule has 4 rings (SSSR count). The number of aromatic nitrogens is 1. The van der Waals surface area contributed by atoms with Crippen LogP contribution in [0.15, 0.2) is 18.3 Å². The molecule has 0 bridgehead atoms. The molecule has 2 saturated heterocycles. The van der Waals surface area contributed by atoms with Gasteiger partial charge >= 0.3 is 0 Å². The Hall–Kier alpha value is -1.66. The molecule has 0 spiro atoms. The SMILES string of the molecule is CN(C)C(=O)c1ccc(N2CCC(OC3CCN(C4CCC4)CC3)CC2)cn1. The highest BCUT2D eigenvalue weighted by molar-refractivity contribution is 5.92. The molecular formula is C22H34N4O2. The molecule has 1 saturated carbocycles. The van der Waals surface area contributed by atoms with Crippen molar-refractivity contribution in [3.8, 4) is 0 Å². The number of pyridine rings is 1. The van der Waals surface area contributed by atoms with Gasteiger partial charge in [-0.25, -0.2) is 4.98 Å². The van der Waals surface area contributed by atoms with E-state index in [1.165, 1.54) is 45.2 Å². The van der Waals surface area contributed by atoms with Gasteiger partial charge in [0.15, 0.2) is 0 Å². The second-order valence-corrected chi connectivity index (χ2v) is 8.74. The zero-order valence-electron chi connectivity index (χ0n) is 17.3. The van der Waals surface area contributed by atoms with Crippen molar-refractivity contribution in [1.82, 2.24) is 14.8 Å². The molecule has 1 aliphatic carbocycles. The summed E-state index contributed by atoms with van der Waals surface area (Å²) in [6.07, 6.45) is 11.4. The minimum atomic E-state index is -0.0537. The van der Waals surface area contributed by atoms with Crippen molar-refractivity contribution in [2.24, 2.45) is 0 Å². The topological polar surface area (TPSA) is 48.9 Å². The van der Waals surface area contributed by atoms with Gasteiger partial charge in [0, 0.05) is 46.3 Å². The Balaban J connectivity index is 1.21. The second kappa shape index (κ2) is 8.78. The van der Waals surface area contributed by atoms with E-state index in [2.05, 4.69) is 14.8 Å². The maximum atomic E-state index is 12.0. The Morgan fingerprint density at radius 3 is 2.14 bits per heavy atom. The predicted octanol–water partition coefficient (Wildman–Crippen LogP) is 2.79. The smallest absolute Gasteiger partial charge is 0.271 e. The molecule has 0 unspecified atom stereocenters. The van der Waals surface area contributed by atoms with Crippen LogP contribution in [-0.4, -0.2) is 79.2 Å². The molecule has 3 heterocycles. The van der Waals surface area contributed by atoms with Gasteiger partial charge in [0.25, 0.3) is 5.91 Å². The van der Waals surface area contributed by atoms with Crippen molar-refractivity contribution in [1.29, 1.82) is 0 Å². The van der Waals surface area contributed by atoms with Crippen molar-refractivity contribution in [3.63, 3.8) is 0 Å². The van der Waals surface area contributed by atoms with Gasteiger partial charge < -0.3 is 19.4 Å². The van der Waals surface area contributed by atoms with E-state index in [1.807, 2.05) is 18.3 Å². The zero-order chi connectivity index (χ0) is 19.5. The minimum Gasteiger partial charge on any atom is -0.375 e. The molecule has 28 heavy (non-hydrogen) atoms. The fraction of sp³-hybridized carbons (Fsp3) is 0.727. The quantitative estimate of drug-likeness (QED) is 0.779. The lowest BCUT2D eigenvalue weighted by Gasteiger charge is -2.43. The lowest BCUT2D eigenvalue weighted by Crippen LogP contribution is -2.47. The van der Waals surface area contributed by atoms with Gasteiger partial charge in [-0.15, -0.1) is 0 Å². The van der Waals surface area contributed by atoms with Crippen LogP contribution in [0.4, 0.5) is 5.69 Å². The first-order chi connectivity index (χ1) is 13.6. The first-order valence-electron chi connectivity index (χ1n) is 10.9. The molecule has 0 atom stereocenters. The van der Waals surface area contributed by atoms with E-state index >= 15 is 0 Å². The van der Waals surface area contributed by atoms with Gasteiger partial charge in [0.2, 0.25) is 0 Å². The van der Waals surface area contributed by atoms with E-state index in [-0.39, 0.29) is 5.91 Å². The highest BCUT2D eigenvalue weighted by Crippen LogP contribution is 2.29. The molecule has 6 nitrogen and oxygen atoms in total. The van der Waals surface area contributed by atoms with Gasteiger partial charge in [-0.2, -0.15) is 0 Å². The van der Waals surface area contributed by atoms with Crippen LogP contribution in [0, 0.1) is 0 Å².